The molecule has 1 aliphatic carbocycles. The van der Waals surface area contributed by atoms with Crippen LogP contribution in [-0.4, -0.2) is 34.5 Å². The molecule has 0 atom stereocenters. The monoisotopic (exact) mass is 287 g/mol. The molecule has 6 heteroatoms. The number of aromatic nitrogens is 2. The van der Waals surface area contributed by atoms with Gasteiger partial charge in [-0.3, -0.25) is 0 Å². The molecule has 0 aromatic carbocycles. The molecule has 1 aromatic rings. The number of hydrogen-bond acceptors (Lipinski definition) is 5. The number of thioether (sulfide) groups is 1. The van der Waals surface area contributed by atoms with Crippen LogP contribution in [0.2, 0.25) is 5.15 Å². The Kier molecular flexibility index (Phi) is 4.70. The van der Waals surface area contributed by atoms with Gasteiger partial charge in [-0.25, -0.2) is 9.97 Å². The first-order valence-electron chi connectivity index (χ1n) is 6.11. The molecule has 1 fully saturated rings. The van der Waals surface area contributed by atoms with Crippen molar-refractivity contribution in [3.63, 3.8) is 0 Å². The second-order valence-electron chi connectivity index (χ2n) is 4.78. The molecule has 0 unspecified atom stereocenters. The second-order valence-corrected chi connectivity index (χ2v) is 5.94. The van der Waals surface area contributed by atoms with Gasteiger partial charge in [-0.2, -0.15) is 0 Å². The smallest absolute Gasteiger partial charge is 0.190 e. The third-order valence-electron chi connectivity index (χ3n) is 3.50. The minimum atomic E-state index is 0.0109. The number of hydrogen-bond donors (Lipinski definition) is 2. The first-order chi connectivity index (χ1) is 8.67. The van der Waals surface area contributed by atoms with E-state index in [-0.39, 0.29) is 12.0 Å². The van der Waals surface area contributed by atoms with Gasteiger partial charge in [-0.15, -0.1) is 0 Å². The summed E-state index contributed by atoms with van der Waals surface area (Å²) in [5.41, 5.74) is 0.0109. The van der Waals surface area contributed by atoms with Crippen molar-refractivity contribution in [1.82, 2.24) is 9.97 Å². The normalized spacial score (nSPS) is 17.9. The average Bonchev–Trinajstić information content (AvgIpc) is 2.85. The number of aliphatic hydroxyl groups excluding tert-OH is 1. The van der Waals surface area contributed by atoms with Gasteiger partial charge in [0.25, 0.3) is 0 Å². The van der Waals surface area contributed by atoms with E-state index in [4.69, 9.17) is 11.6 Å². The molecule has 18 heavy (non-hydrogen) atoms. The lowest BCUT2D eigenvalue weighted by atomic mass is 9.87. The van der Waals surface area contributed by atoms with Gasteiger partial charge in [0.2, 0.25) is 0 Å². The van der Waals surface area contributed by atoms with E-state index < -0.39 is 0 Å². The van der Waals surface area contributed by atoms with Crippen LogP contribution in [0.15, 0.2) is 11.2 Å². The summed E-state index contributed by atoms with van der Waals surface area (Å²) in [5.74, 6) is 0.735. The van der Waals surface area contributed by atoms with Crippen molar-refractivity contribution in [2.75, 3.05) is 24.7 Å². The molecule has 4 nitrogen and oxygen atoms in total. The third-order valence-corrected chi connectivity index (χ3v) is 4.24. The number of nitrogens with one attached hydrogen (secondary N) is 1. The van der Waals surface area contributed by atoms with Crippen molar-refractivity contribution in [2.45, 2.75) is 30.8 Å². The zero-order chi connectivity index (χ0) is 13.0. The summed E-state index contributed by atoms with van der Waals surface area (Å²) in [6.45, 7) is 0.971. The van der Waals surface area contributed by atoms with Crippen molar-refractivity contribution in [1.29, 1.82) is 0 Å². The van der Waals surface area contributed by atoms with Crippen molar-refractivity contribution in [2.24, 2.45) is 5.41 Å². The molecular weight excluding hydrogens is 270 g/mol. The maximum absolute atomic E-state index is 9.55. The van der Waals surface area contributed by atoms with Crippen LogP contribution in [0.3, 0.4) is 0 Å². The maximum atomic E-state index is 9.55. The SMILES string of the molecule is CSc1nc(Cl)cc(NCC2(CO)CCCC2)n1. The summed E-state index contributed by atoms with van der Waals surface area (Å²) in [4.78, 5) is 8.45. The summed E-state index contributed by atoms with van der Waals surface area (Å²) in [5, 5.41) is 13.9. The second kappa shape index (κ2) is 6.08. The highest BCUT2D eigenvalue weighted by Gasteiger charge is 2.33. The number of anilines is 1. The molecule has 0 amide bonds. The van der Waals surface area contributed by atoms with Crippen molar-refractivity contribution < 1.29 is 5.11 Å². The zero-order valence-corrected chi connectivity index (χ0v) is 12.0. The molecule has 0 radical (unpaired) electrons. The van der Waals surface area contributed by atoms with Crippen LogP contribution in [0.4, 0.5) is 5.82 Å². The fourth-order valence-corrected chi connectivity index (χ4v) is 2.99. The van der Waals surface area contributed by atoms with E-state index in [1.54, 1.807) is 6.07 Å². The first-order valence-corrected chi connectivity index (χ1v) is 7.71. The average molecular weight is 288 g/mol. The molecule has 0 bridgehead atoms. The maximum Gasteiger partial charge on any atom is 0.190 e. The molecule has 1 saturated carbocycles. The standard InChI is InChI=1S/C12H18ClN3OS/c1-18-11-15-9(13)6-10(16-11)14-7-12(8-17)4-2-3-5-12/h6,17H,2-5,7-8H2,1H3,(H,14,15,16). The van der Waals surface area contributed by atoms with Gasteiger partial charge >= 0.3 is 0 Å². The van der Waals surface area contributed by atoms with E-state index in [2.05, 4.69) is 15.3 Å². The Bertz CT molecular complexity index is 410. The van der Waals surface area contributed by atoms with Gasteiger partial charge in [-0.05, 0) is 19.1 Å². The van der Waals surface area contributed by atoms with Crippen LogP contribution < -0.4 is 5.32 Å². The van der Waals surface area contributed by atoms with Crippen LogP contribution in [0, 0.1) is 5.41 Å². The first kappa shape index (κ1) is 13.9. The van der Waals surface area contributed by atoms with E-state index in [0.717, 1.165) is 25.2 Å². The molecular formula is C12H18ClN3OS. The Morgan fingerprint density at radius 1 is 1.44 bits per heavy atom. The van der Waals surface area contributed by atoms with Crippen LogP contribution in [0.25, 0.3) is 0 Å². The van der Waals surface area contributed by atoms with E-state index in [9.17, 15) is 5.11 Å². The van der Waals surface area contributed by atoms with E-state index in [1.807, 2.05) is 6.26 Å². The summed E-state index contributed by atoms with van der Waals surface area (Å²) in [6.07, 6.45) is 6.46. The molecule has 1 aromatic heterocycles. The van der Waals surface area contributed by atoms with Gasteiger partial charge in [0.1, 0.15) is 11.0 Å². The third kappa shape index (κ3) is 3.28. The lowest BCUT2D eigenvalue weighted by Gasteiger charge is -2.26. The highest BCUT2D eigenvalue weighted by atomic mass is 35.5. The number of nitrogens with zero attached hydrogens (tertiary/aromatic N) is 2. The number of aliphatic hydroxyl groups is 1. The molecule has 0 aliphatic heterocycles. The van der Waals surface area contributed by atoms with Gasteiger partial charge in [-0.1, -0.05) is 36.2 Å². The Morgan fingerprint density at radius 3 is 2.78 bits per heavy atom. The Hall–Kier alpha value is -0.520. The summed E-state index contributed by atoms with van der Waals surface area (Å²) >= 11 is 7.40. The highest BCUT2D eigenvalue weighted by molar-refractivity contribution is 7.98. The molecule has 0 saturated heterocycles. The van der Waals surface area contributed by atoms with Crippen LogP contribution in [0.5, 0.6) is 0 Å². The predicted molar refractivity (Wildman–Crippen MR) is 75.3 cm³/mol. The fourth-order valence-electron chi connectivity index (χ4n) is 2.37. The summed E-state index contributed by atoms with van der Waals surface area (Å²) in [7, 11) is 0. The van der Waals surface area contributed by atoms with Crippen molar-refractivity contribution in [3.8, 4) is 0 Å². The van der Waals surface area contributed by atoms with Crippen LogP contribution in [-0.2, 0) is 0 Å². The molecule has 1 heterocycles. The largest absolute Gasteiger partial charge is 0.396 e. The van der Waals surface area contributed by atoms with Crippen molar-refractivity contribution in [3.05, 3.63) is 11.2 Å². The Morgan fingerprint density at radius 2 is 2.17 bits per heavy atom. The number of halogens is 1. The Labute approximate surface area is 117 Å². The highest BCUT2D eigenvalue weighted by Crippen LogP contribution is 2.37. The lowest BCUT2D eigenvalue weighted by molar-refractivity contribution is 0.142. The van der Waals surface area contributed by atoms with Gasteiger partial charge in [0, 0.05) is 18.0 Å². The lowest BCUT2D eigenvalue weighted by Crippen LogP contribution is -2.30. The zero-order valence-electron chi connectivity index (χ0n) is 10.4. The molecule has 2 N–H and O–H groups in total. The predicted octanol–water partition coefficient (Wildman–Crippen LogP) is 2.82. The summed E-state index contributed by atoms with van der Waals surface area (Å²) in [6, 6.07) is 1.72. The van der Waals surface area contributed by atoms with Crippen LogP contribution >= 0.6 is 23.4 Å². The van der Waals surface area contributed by atoms with Gasteiger partial charge < -0.3 is 10.4 Å². The Balaban J connectivity index is 2.03. The topological polar surface area (TPSA) is 58.0 Å². The van der Waals surface area contributed by atoms with E-state index >= 15 is 0 Å². The van der Waals surface area contributed by atoms with Crippen LogP contribution in [0.1, 0.15) is 25.7 Å². The van der Waals surface area contributed by atoms with Crippen molar-refractivity contribution >= 4 is 29.2 Å². The van der Waals surface area contributed by atoms with E-state index in [0.29, 0.717) is 10.3 Å². The summed E-state index contributed by atoms with van der Waals surface area (Å²) < 4.78 is 0. The molecule has 100 valence electrons. The minimum Gasteiger partial charge on any atom is -0.396 e. The molecule has 1 aliphatic rings. The quantitative estimate of drug-likeness (QED) is 0.495. The van der Waals surface area contributed by atoms with E-state index in [1.165, 1.54) is 24.6 Å². The minimum absolute atomic E-state index is 0.0109. The van der Waals surface area contributed by atoms with Gasteiger partial charge in [0.05, 0.1) is 6.61 Å². The molecule has 0 spiro atoms. The van der Waals surface area contributed by atoms with Gasteiger partial charge in [0.15, 0.2) is 5.16 Å². The molecule has 2 rings (SSSR count). The fraction of sp³-hybridized carbons (Fsp3) is 0.667. The number of rotatable bonds is 5.